The number of hydrogen-bond donors (Lipinski definition) is 1. The molecule has 188 valence electrons. The molecule has 2 fully saturated rings. The summed E-state index contributed by atoms with van der Waals surface area (Å²) in [7, 11) is 1.44. The Balaban J connectivity index is 1.49. The quantitative estimate of drug-likeness (QED) is 0.378. The maximum Gasteiger partial charge on any atom is 0.305 e. The van der Waals surface area contributed by atoms with E-state index in [9.17, 15) is 9.59 Å². The van der Waals surface area contributed by atoms with Gasteiger partial charge in [-0.2, -0.15) is 0 Å². The van der Waals surface area contributed by atoms with Crippen LogP contribution in [0.15, 0.2) is 47.5 Å². The molecule has 6 nitrogen and oxygen atoms in total. The summed E-state index contributed by atoms with van der Waals surface area (Å²) >= 11 is 1.65. The number of methoxy groups -OCH3 is 1. The van der Waals surface area contributed by atoms with Gasteiger partial charge in [0.25, 0.3) is 5.91 Å². The lowest BCUT2D eigenvalue weighted by molar-refractivity contribution is -0.141. The van der Waals surface area contributed by atoms with Crippen molar-refractivity contribution in [3.63, 3.8) is 0 Å². The molecule has 1 N–H and O–H groups in total. The van der Waals surface area contributed by atoms with Crippen LogP contribution in [0.3, 0.4) is 0 Å². The summed E-state index contributed by atoms with van der Waals surface area (Å²) in [6.07, 6.45) is 9.14. The predicted octanol–water partition coefficient (Wildman–Crippen LogP) is 5.26. The first-order valence-corrected chi connectivity index (χ1v) is 13.9. The van der Waals surface area contributed by atoms with Gasteiger partial charge in [0.1, 0.15) is 10.8 Å². The summed E-state index contributed by atoms with van der Waals surface area (Å²) < 4.78 is 4.88. The Morgan fingerprint density at radius 1 is 1.06 bits per heavy atom. The normalized spacial score (nSPS) is 18.8. The summed E-state index contributed by atoms with van der Waals surface area (Å²) in [4.78, 5) is 32.3. The average molecular weight is 496 g/mol. The van der Waals surface area contributed by atoms with Crippen molar-refractivity contribution in [1.29, 1.82) is 0 Å². The number of pyridine rings is 1. The molecule has 2 heterocycles. The number of anilines is 1. The topological polar surface area (TPSA) is 71.5 Å². The maximum absolute atomic E-state index is 13.2. The summed E-state index contributed by atoms with van der Waals surface area (Å²) in [5.41, 5.74) is 1.95. The van der Waals surface area contributed by atoms with E-state index in [0.29, 0.717) is 12.0 Å². The first-order chi connectivity index (χ1) is 17.1. The highest BCUT2D eigenvalue weighted by Crippen LogP contribution is 2.29. The maximum atomic E-state index is 13.2. The van der Waals surface area contributed by atoms with E-state index in [2.05, 4.69) is 34.5 Å². The molecule has 2 aromatic rings. The van der Waals surface area contributed by atoms with E-state index in [1.807, 2.05) is 18.2 Å². The van der Waals surface area contributed by atoms with Crippen LogP contribution in [0, 0.1) is 5.92 Å². The molecule has 0 spiro atoms. The molecule has 1 aromatic heterocycles. The van der Waals surface area contributed by atoms with Crippen molar-refractivity contribution in [2.45, 2.75) is 68.9 Å². The summed E-state index contributed by atoms with van der Waals surface area (Å²) in [5.74, 6) is 1.84. The van der Waals surface area contributed by atoms with Crippen molar-refractivity contribution < 1.29 is 14.3 Å². The SMILES string of the molecule is COC(=O)C[C@@H]1CCCN(c2ccc(C(=O)NC3CCCCC3)c(SCCc3ccccc3)n2)C1. The van der Waals surface area contributed by atoms with Gasteiger partial charge in [0.05, 0.1) is 12.7 Å². The molecule has 0 radical (unpaired) electrons. The van der Waals surface area contributed by atoms with E-state index < -0.39 is 0 Å². The number of ether oxygens (including phenoxy) is 1. The van der Waals surface area contributed by atoms with E-state index in [0.717, 1.165) is 61.8 Å². The van der Waals surface area contributed by atoms with Gasteiger partial charge in [-0.1, -0.05) is 49.6 Å². The zero-order chi connectivity index (χ0) is 24.5. The third kappa shape index (κ3) is 7.47. The Bertz CT molecular complexity index is 979. The molecule has 0 unspecified atom stereocenters. The Morgan fingerprint density at radius 2 is 1.86 bits per heavy atom. The lowest BCUT2D eigenvalue weighted by atomic mass is 9.95. The van der Waals surface area contributed by atoms with Crippen molar-refractivity contribution in [2.24, 2.45) is 5.92 Å². The lowest BCUT2D eigenvalue weighted by Gasteiger charge is -2.33. The zero-order valence-electron chi connectivity index (χ0n) is 20.7. The van der Waals surface area contributed by atoms with E-state index in [1.54, 1.807) is 11.8 Å². The number of hydrogen-bond acceptors (Lipinski definition) is 6. The fourth-order valence-electron chi connectivity index (χ4n) is 5.07. The second-order valence-corrected chi connectivity index (χ2v) is 10.7. The zero-order valence-corrected chi connectivity index (χ0v) is 21.5. The van der Waals surface area contributed by atoms with Gasteiger partial charge in [-0.15, -0.1) is 11.8 Å². The highest BCUT2D eigenvalue weighted by molar-refractivity contribution is 7.99. The first-order valence-electron chi connectivity index (χ1n) is 12.9. The van der Waals surface area contributed by atoms with Gasteiger partial charge < -0.3 is 15.0 Å². The van der Waals surface area contributed by atoms with Gasteiger partial charge in [0.15, 0.2) is 0 Å². The molecule has 1 atom stereocenters. The first kappa shape index (κ1) is 25.5. The Hall–Kier alpha value is -2.54. The Kier molecular flexibility index (Phi) is 9.46. The minimum Gasteiger partial charge on any atom is -0.469 e. The number of thioether (sulfide) groups is 1. The van der Waals surface area contributed by atoms with E-state index in [1.165, 1.54) is 31.9 Å². The van der Waals surface area contributed by atoms with Crippen LogP contribution in [0.4, 0.5) is 5.82 Å². The monoisotopic (exact) mass is 495 g/mol. The fourth-order valence-corrected chi connectivity index (χ4v) is 6.07. The largest absolute Gasteiger partial charge is 0.469 e. The number of aryl methyl sites for hydroxylation is 1. The van der Waals surface area contributed by atoms with Crippen LogP contribution in [0.5, 0.6) is 0 Å². The van der Waals surface area contributed by atoms with Crippen molar-refractivity contribution in [1.82, 2.24) is 10.3 Å². The van der Waals surface area contributed by atoms with Gasteiger partial charge in [-0.3, -0.25) is 9.59 Å². The summed E-state index contributed by atoms with van der Waals surface area (Å²) in [6, 6.07) is 14.6. The van der Waals surface area contributed by atoms with E-state index in [4.69, 9.17) is 9.72 Å². The van der Waals surface area contributed by atoms with Crippen molar-refractivity contribution in [3.05, 3.63) is 53.6 Å². The van der Waals surface area contributed by atoms with E-state index >= 15 is 0 Å². The van der Waals surface area contributed by atoms with Crippen LogP contribution in [0.25, 0.3) is 0 Å². The number of carbonyl (C=O) groups is 2. The second kappa shape index (κ2) is 13.0. The number of nitrogens with zero attached hydrogens (tertiary/aromatic N) is 2. The number of nitrogens with one attached hydrogen (secondary N) is 1. The molecule has 1 saturated heterocycles. The van der Waals surface area contributed by atoms with Gasteiger partial charge in [-0.25, -0.2) is 4.98 Å². The minimum absolute atomic E-state index is 0.0135. The van der Waals surface area contributed by atoms with Gasteiger partial charge in [0, 0.05) is 31.3 Å². The average Bonchev–Trinajstić information content (AvgIpc) is 2.90. The second-order valence-electron chi connectivity index (χ2n) is 9.65. The van der Waals surface area contributed by atoms with Crippen molar-refractivity contribution in [2.75, 3.05) is 30.9 Å². The van der Waals surface area contributed by atoms with Crippen LogP contribution < -0.4 is 10.2 Å². The molecule has 1 amide bonds. The standard InChI is InChI=1S/C28H37N3O3S/c1-34-26(32)19-22-11-8-17-31(20-22)25-15-14-24(27(33)29-23-12-6-3-7-13-23)28(30-25)35-18-16-21-9-4-2-5-10-21/h2,4-5,9-10,14-15,22-23H,3,6-8,11-13,16-20H2,1H3,(H,29,33)/t22-/m0/s1. The number of rotatable bonds is 9. The molecule has 7 heteroatoms. The third-order valence-corrected chi connectivity index (χ3v) is 8.02. The fraction of sp³-hybridized carbons (Fsp3) is 0.536. The van der Waals surface area contributed by atoms with Crippen LogP contribution in [-0.4, -0.2) is 48.9 Å². The number of esters is 1. The van der Waals surface area contributed by atoms with Crippen LogP contribution in [0.1, 0.15) is 67.3 Å². The molecule has 4 rings (SSSR count). The predicted molar refractivity (Wildman–Crippen MR) is 141 cm³/mol. The number of benzene rings is 1. The molecule has 1 saturated carbocycles. The molecular weight excluding hydrogens is 458 g/mol. The number of amides is 1. The van der Waals surface area contributed by atoms with Gasteiger partial charge in [-0.05, 0) is 55.7 Å². The number of aromatic nitrogens is 1. The molecule has 0 bridgehead atoms. The Morgan fingerprint density at radius 3 is 2.63 bits per heavy atom. The third-order valence-electron chi connectivity index (χ3n) is 7.03. The van der Waals surface area contributed by atoms with Crippen LogP contribution in [0.2, 0.25) is 0 Å². The number of piperidine rings is 1. The molecule has 2 aliphatic rings. The van der Waals surface area contributed by atoms with Crippen LogP contribution in [-0.2, 0) is 16.0 Å². The summed E-state index contributed by atoms with van der Waals surface area (Å²) in [6.45, 7) is 1.69. The smallest absolute Gasteiger partial charge is 0.305 e. The number of carbonyl (C=O) groups excluding carboxylic acids is 2. The minimum atomic E-state index is -0.156. The van der Waals surface area contributed by atoms with E-state index in [-0.39, 0.29) is 23.8 Å². The molecule has 1 aliphatic heterocycles. The van der Waals surface area contributed by atoms with Gasteiger partial charge >= 0.3 is 5.97 Å². The highest BCUT2D eigenvalue weighted by Gasteiger charge is 2.25. The highest BCUT2D eigenvalue weighted by atomic mass is 32.2. The van der Waals surface area contributed by atoms with Gasteiger partial charge in [0.2, 0.25) is 0 Å². The molecule has 1 aromatic carbocycles. The summed E-state index contributed by atoms with van der Waals surface area (Å²) in [5, 5.41) is 4.05. The van der Waals surface area contributed by atoms with Crippen LogP contribution >= 0.6 is 11.8 Å². The Labute approximate surface area is 213 Å². The van der Waals surface area contributed by atoms with Crippen molar-refractivity contribution >= 4 is 29.5 Å². The lowest BCUT2D eigenvalue weighted by Crippen LogP contribution is -2.38. The molecular formula is C28H37N3O3S. The molecule has 1 aliphatic carbocycles. The molecule has 35 heavy (non-hydrogen) atoms. The van der Waals surface area contributed by atoms with Crippen molar-refractivity contribution in [3.8, 4) is 0 Å².